The Hall–Kier alpha value is -1.06. The maximum Gasteiger partial charge on any atom is 0.249 e. The molecule has 2 amide bonds. The Balaban J connectivity index is 2.19. The summed E-state index contributed by atoms with van der Waals surface area (Å²) >= 11 is 0. The second kappa shape index (κ2) is 5.14. The summed E-state index contributed by atoms with van der Waals surface area (Å²) in [4.78, 5) is 26.5. The number of nitrogens with one attached hydrogen (secondary N) is 1. The van der Waals surface area contributed by atoms with Crippen LogP contribution in [0.4, 0.5) is 0 Å². The molecule has 1 saturated carbocycles. The summed E-state index contributed by atoms with van der Waals surface area (Å²) in [6, 6.07) is 0.145. The maximum absolute atomic E-state index is 12.8. The van der Waals surface area contributed by atoms with Crippen molar-refractivity contribution in [3.05, 3.63) is 0 Å². The van der Waals surface area contributed by atoms with Crippen LogP contribution in [0, 0.1) is 11.8 Å². The van der Waals surface area contributed by atoms with Gasteiger partial charge in [0.2, 0.25) is 11.8 Å². The van der Waals surface area contributed by atoms with Crippen molar-refractivity contribution in [3.63, 3.8) is 0 Å². The molecule has 0 aromatic heterocycles. The number of nitrogens with zero attached hydrogens (tertiary/aromatic N) is 1. The van der Waals surface area contributed by atoms with Crippen LogP contribution >= 0.6 is 0 Å². The molecule has 2 aliphatic rings. The quantitative estimate of drug-likeness (QED) is 0.826. The zero-order chi connectivity index (χ0) is 14.2. The number of piperazine rings is 1. The molecule has 2 rings (SSSR count). The molecule has 0 aromatic carbocycles. The summed E-state index contributed by atoms with van der Waals surface area (Å²) in [5, 5.41) is 2.93. The van der Waals surface area contributed by atoms with Gasteiger partial charge in [0.15, 0.2) is 0 Å². The van der Waals surface area contributed by atoms with Gasteiger partial charge in [0.25, 0.3) is 0 Å². The van der Waals surface area contributed by atoms with Crippen molar-refractivity contribution in [3.8, 4) is 0 Å². The van der Waals surface area contributed by atoms with Crippen LogP contribution in [0.5, 0.6) is 0 Å². The Morgan fingerprint density at radius 1 is 1.32 bits per heavy atom. The topological polar surface area (TPSA) is 49.4 Å². The molecule has 2 fully saturated rings. The number of hydrogen-bond acceptors (Lipinski definition) is 2. The molecule has 4 nitrogen and oxygen atoms in total. The number of amides is 2. The third kappa shape index (κ3) is 2.49. The highest BCUT2D eigenvalue weighted by atomic mass is 16.2. The van der Waals surface area contributed by atoms with E-state index in [1.165, 1.54) is 0 Å². The van der Waals surface area contributed by atoms with E-state index in [-0.39, 0.29) is 24.4 Å². The molecule has 1 N–H and O–H groups in total. The van der Waals surface area contributed by atoms with Crippen molar-refractivity contribution in [2.45, 2.75) is 65.0 Å². The standard InChI is InChI=1S/C15H26N2O2/c1-5-11(6-2)10(3)17-9-13(18)16-15(4,14(17)19)12-7-8-12/h10-12H,5-9H2,1-4H3,(H,16,18). The van der Waals surface area contributed by atoms with Gasteiger partial charge in [0.05, 0.1) is 6.54 Å². The van der Waals surface area contributed by atoms with Crippen molar-refractivity contribution in [2.75, 3.05) is 6.54 Å². The summed E-state index contributed by atoms with van der Waals surface area (Å²) in [6.07, 6.45) is 4.19. The van der Waals surface area contributed by atoms with Gasteiger partial charge in [0.1, 0.15) is 5.54 Å². The van der Waals surface area contributed by atoms with Crippen LogP contribution < -0.4 is 5.32 Å². The molecule has 1 aliphatic heterocycles. The first-order valence-corrected chi connectivity index (χ1v) is 7.56. The monoisotopic (exact) mass is 266 g/mol. The van der Waals surface area contributed by atoms with Crippen molar-refractivity contribution >= 4 is 11.8 Å². The number of carbonyl (C=O) groups excluding carboxylic acids is 2. The van der Waals surface area contributed by atoms with Crippen LogP contribution in [0.15, 0.2) is 0 Å². The van der Waals surface area contributed by atoms with Gasteiger partial charge in [-0.05, 0) is 38.5 Å². The van der Waals surface area contributed by atoms with Crippen molar-refractivity contribution in [1.82, 2.24) is 10.2 Å². The molecule has 4 heteroatoms. The lowest BCUT2D eigenvalue weighted by molar-refractivity contribution is -0.153. The summed E-state index contributed by atoms with van der Waals surface area (Å²) in [5.41, 5.74) is -0.657. The Labute approximate surface area is 115 Å². The molecule has 1 saturated heterocycles. The lowest BCUT2D eigenvalue weighted by Crippen LogP contribution is -2.68. The smallest absolute Gasteiger partial charge is 0.249 e. The summed E-state index contributed by atoms with van der Waals surface area (Å²) in [7, 11) is 0. The normalized spacial score (nSPS) is 29.6. The molecule has 19 heavy (non-hydrogen) atoms. The van der Waals surface area contributed by atoms with E-state index in [1.54, 1.807) is 0 Å². The van der Waals surface area contributed by atoms with Gasteiger partial charge in [-0.1, -0.05) is 26.7 Å². The lowest BCUT2D eigenvalue weighted by Gasteiger charge is -2.44. The fourth-order valence-corrected chi connectivity index (χ4v) is 3.40. The second-order valence-corrected chi connectivity index (χ2v) is 6.28. The van der Waals surface area contributed by atoms with E-state index in [9.17, 15) is 9.59 Å². The van der Waals surface area contributed by atoms with E-state index >= 15 is 0 Å². The van der Waals surface area contributed by atoms with Crippen LogP contribution in [-0.4, -0.2) is 34.8 Å². The average Bonchev–Trinajstić information content (AvgIpc) is 3.19. The number of hydrogen-bond donors (Lipinski definition) is 1. The zero-order valence-corrected chi connectivity index (χ0v) is 12.5. The highest BCUT2D eigenvalue weighted by molar-refractivity contribution is 5.98. The fourth-order valence-electron chi connectivity index (χ4n) is 3.40. The van der Waals surface area contributed by atoms with E-state index in [2.05, 4.69) is 26.1 Å². The molecular weight excluding hydrogens is 240 g/mol. The Kier molecular flexibility index (Phi) is 3.88. The molecule has 1 heterocycles. The fraction of sp³-hybridized carbons (Fsp3) is 0.867. The zero-order valence-electron chi connectivity index (χ0n) is 12.5. The van der Waals surface area contributed by atoms with E-state index < -0.39 is 5.54 Å². The van der Waals surface area contributed by atoms with E-state index in [1.807, 2.05) is 11.8 Å². The largest absolute Gasteiger partial charge is 0.340 e. The lowest BCUT2D eigenvalue weighted by atomic mass is 9.87. The Morgan fingerprint density at radius 2 is 1.89 bits per heavy atom. The number of carbonyl (C=O) groups is 2. The molecule has 1 aliphatic carbocycles. The van der Waals surface area contributed by atoms with E-state index in [0.717, 1.165) is 25.7 Å². The van der Waals surface area contributed by atoms with Crippen LogP contribution in [0.1, 0.15) is 53.4 Å². The SMILES string of the molecule is CCC(CC)C(C)N1CC(=O)NC(C)(C2CC2)C1=O. The first kappa shape index (κ1) is 14.4. The van der Waals surface area contributed by atoms with Crippen molar-refractivity contribution in [2.24, 2.45) is 11.8 Å². The van der Waals surface area contributed by atoms with Gasteiger partial charge in [-0.3, -0.25) is 9.59 Å². The molecule has 108 valence electrons. The van der Waals surface area contributed by atoms with E-state index in [4.69, 9.17) is 0 Å². The van der Waals surface area contributed by atoms with Crippen molar-refractivity contribution < 1.29 is 9.59 Å². The highest BCUT2D eigenvalue weighted by Gasteiger charge is 2.53. The predicted molar refractivity (Wildman–Crippen MR) is 74.5 cm³/mol. The minimum atomic E-state index is -0.657. The molecule has 2 atom stereocenters. The first-order valence-electron chi connectivity index (χ1n) is 7.56. The van der Waals surface area contributed by atoms with Crippen LogP contribution in [0.25, 0.3) is 0 Å². The minimum absolute atomic E-state index is 0.00759. The first-order chi connectivity index (χ1) is 8.93. The molecular formula is C15H26N2O2. The average molecular weight is 266 g/mol. The molecule has 2 unspecified atom stereocenters. The highest BCUT2D eigenvalue weighted by Crippen LogP contribution is 2.42. The Bertz CT molecular complexity index is 374. The van der Waals surface area contributed by atoms with Crippen molar-refractivity contribution in [1.29, 1.82) is 0 Å². The van der Waals surface area contributed by atoms with Gasteiger partial charge in [-0.25, -0.2) is 0 Å². The number of rotatable bonds is 5. The van der Waals surface area contributed by atoms with Gasteiger partial charge in [0, 0.05) is 6.04 Å². The summed E-state index contributed by atoms with van der Waals surface area (Å²) in [6.45, 7) is 8.51. The summed E-state index contributed by atoms with van der Waals surface area (Å²) < 4.78 is 0. The van der Waals surface area contributed by atoms with Gasteiger partial charge < -0.3 is 10.2 Å². The van der Waals surface area contributed by atoms with Crippen LogP contribution in [0.2, 0.25) is 0 Å². The predicted octanol–water partition coefficient (Wildman–Crippen LogP) is 1.94. The van der Waals surface area contributed by atoms with Gasteiger partial charge >= 0.3 is 0 Å². The summed E-state index contributed by atoms with van der Waals surface area (Å²) in [5.74, 6) is 0.916. The third-order valence-electron chi connectivity index (χ3n) is 5.03. The van der Waals surface area contributed by atoms with Gasteiger partial charge in [-0.15, -0.1) is 0 Å². The molecule has 0 radical (unpaired) electrons. The minimum Gasteiger partial charge on any atom is -0.340 e. The third-order valence-corrected chi connectivity index (χ3v) is 5.03. The maximum atomic E-state index is 12.8. The molecule has 0 bridgehead atoms. The molecule has 0 spiro atoms. The Morgan fingerprint density at radius 3 is 2.37 bits per heavy atom. The molecule has 0 aromatic rings. The van der Waals surface area contributed by atoms with E-state index in [0.29, 0.717) is 11.8 Å². The second-order valence-electron chi connectivity index (χ2n) is 6.28. The van der Waals surface area contributed by atoms with Crippen LogP contribution in [-0.2, 0) is 9.59 Å². The van der Waals surface area contributed by atoms with Gasteiger partial charge in [-0.2, -0.15) is 0 Å². The van der Waals surface area contributed by atoms with Crippen LogP contribution in [0.3, 0.4) is 0 Å².